The van der Waals surface area contributed by atoms with Crippen molar-refractivity contribution in [2.45, 2.75) is 12.2 Å². The molecule has 0 saturated carbocycles. The fourth-order valence-corrected chi connectivity index (χ4v) is 2.44. The number of phenolic OH excluding ortho intramolecular Hbond substituents is 1. The number of phenols is 1. The van der Waals surface area contributed by atoms with Gasteiger partial charge in [0.25, 0.3) is 0 Å². The zero-order valence-corrected chi connectivity index (χ0v) is 11.4. The number of ketones is 1. The molecule has 2 aromatic rings. The summed E-state index contributed by atoms with van der Waals surface area (Å²) in [5.74, 6) is -1.90. The number of fused-ring (bicyclic) bond motifs is 1. The van der Waals surface area contributed by atoms with Crippen LogP contribution in [-0.2, 0) is 5.79 Å². The number of benzene rings is 2. The van der Waals surface area contributed by atoms with Crippen LogP contribution in [0.25, 0.3) is 0 Å². The highest BCUT2D eigenvalue weighted by atomic mass is 16.6. The normalized spacial score (nSPS) is 20.6. The first-order valence-electron chi connectivity index (χ1n) is 6.44. The second-order valence-electron chi connectivity index (χ2n) is 4.87. The number of aliphatic hydroxyl groups is 1. The molecule has 2 N–H and O–H groups in total. The molecule has 0 bridgehead atoms. The Labute approximate surface area is 121 Å². The first kappa shape index (κ1) is 13.5. The summed E-state index contributed by atoms with van der Waals surface area (Å²) in [6.07, 6.45) is -0.260. The summed E-state index contributed by atoms with van der Waals surface area (Å²) in [5, 5.41) is 20.6. The molecule has 0 unspecified atom stereocenters. The van der Waals surface area contributed by atoms with Crippen LogP contribution in [0.4, 0.5) is 0 Å². The zero-order valence-electron chi connectivity index (χ0n) is 11.4. The van der Waals surface area contributed by atoms with Gasteiger partial charge in [0.1, 0.15) is 22.8 Å². The van der Waals surface area contributed by atoms with Gasteiger partial charge in [-0.2, -0.15) is 0 Å². The third-order valence-corrected chi connectivity index (χ3v) is 3.47. The highest BCUT2D eigenvalue weighted by Crippen LogP contribution is 2.43. The van der Waals surface area contributed by atoms with E-state index in [1.807, 2.05) is 0 Å². The average Bonchev–Trinajstić information content (AvgIpc) is 2.47. The first-order chi connectivity index (χ1) is 10.0. The topological polar surface area (TPSA) is 76.0 Å². The molecule has 3 rings (SSSR count). The molecule has 0 amide bonds. The summed E-state index contributed by atoms with van der Waals surface area (Å²) in [6, 6.07) is 11.5. The fourth-order valence-electron chi connectivity index (χ4n) is 2.44. The van der Waals surface area contributed by atoms with Crippen LogP contribution in [0.1, 0.15) is 22.3 Å². The molecule has 1 heterocycles. The van der Waals surface area contributed by atoms with Gasteiger partial charge in [-0.05, 0) is 0 Å². The quantitative estimate of drug-likeness (QED) is 0.885. The molecule has 0 fully saturated rings. The third kappa shape index (κ3) is 2.21. The summed E-state index contributed by atoms with van der Waals surface area (Å²) in [5.41, 5.74) is 0.544. The highest BCUT2D eigenvalue weighted by Gasteiger charge is 2.41. The Balaban J connectivity index is 2.10. The van der Waals surface area contributed by atoms with Gasteiger partial charge in [-0.25, -0.2) is 0 Å². The Morgan fingerprint density at radius 3 is 2.62 bits per heavy atom. The van der Waals surface area contributed by atoms with Gasteiger partial charge in [-0.1, -0.05) is 30.3 Å². The van der Waals surface area contributed by atoms with Crippen LogP contribution in [-0.4, -0.2) is 23.1 Å². The number of aromatic hydroxyl groups is 1. The van der Waals surface area contributed by atoms with E-state index in [2.05, 4.69) is 0 Å². The molecule has 0 aliphatic carbocycles. The SMILES string of the molecule is COc1cc(O)c2c(c1)O[C@@](O)(c1ccccc1)CC2=O. The number of Topliss-reactive ketones (excluding diaryl/α,β-unsaturated/α-hetero) is 1. The number of ether oxygens (including phenoxy) is 2. The van der Waals surface area contributed by atoms with Gasteiger partial charge in [0.05, 0.1) is 13.5 Å². The molecule has 21 heavy (non-hydrogen) atoms. The number of hydrogen-bond acceptors (Lipinski definition) is 5. The Bertz CT molecular complexity index is 695. The lowest BCUT2D eigenvalue weighted by molar-refractivity contribution is -0.147. The molecule has 1 aliphatic heterocycles. The number of rotatable bonds is 2. The van der Waals surface area contributed by atoms with Crippen molar-refractivity contribution in [2.24, 2.45) is 0 Å². The van der Waals surface area contributed by atoms with E-state index in [1.54, 1.807) is 30.3 Å². The van der Waals surface area contributed by atoms with Gasteiger partial charge in [-0.3, -0.25) is 4.79 Å². The highest BCUT2D eigenvalue weighted by molar-refractivity contribution is 6.03. The molecule has 0 spiro atoms. The first-order valence-corrected chi connectivity index (χ1v) is 6.44. The molecule has 0 aromatic heterocycles. The summed E-state index contributed by atoms with van der Waals surface area (Å²) >= 11 is 0. The van der Waals surface area contributed by atoms with Crippen molar-refractivity contribution in [3.8, 4) is 17.2 Å². The standard InChI is InChI=1S/C16H14O5/c1-20-11-7-12(17)15-13(18)9-16(19,21-14(15)8-11)10-5-3-2-4-6-10/h2-8,17,19H,9H2,1H3/t16-/m1/s1. The second-order valence-corrected chi connectivity index (χ2v) is 4.87. The lowest BCUT2D eigenvalue weighted by Crippen LogP contribution is -2.39. The minimum atomic E-state index is -1.75. The van der Waals surface area contributed by atoms with Crippen molar-refractivity contribution < 1.29 is 24.5 Å². The van der Waals surface area contributed by atoms with E-state index in [1.165, 1.54) is 19.2 Å². The number of carbonyl (C=O) groups is 1. The molecule has 1 atom stereocenters. The van der Waals surface area contributed by atoms with Crippen LogP contribution in [0, 0.1) is 0 Å². The van der Waals surface area contributed by atoms with Crippen molar-refractivity contribution in [3.05, 3.63) is 53.6 Å². The predicted molar refractivity (Wildman–Crippen MR) is 74.6 cm³/mol. The molecule has 108 valence electrons. The average molecular weight is 286 g/mol. The van der Waals surface area contributed by atoms with Crippen LogP contribution in [0.3, 0.4) is 0 Å². The molecular formula is C16H14O5. The summed E-state index contributed by atoms with van der Waals surface area (Å²) < 4.78 is 10.6. The van der Waals surface area contributed by atoms with Crippen molar-refractivity contribution in [1.82, 2.24) is 0 Å². The van der Waals surface area contributed by atoms with Crippen LogP contribution in [0.15, 0.2) is 42.5 Å². The molecule has 5 nitrogen and oxygen atoms in total. The van der Waals surface area contributed by atoms with E-state index in [-0.39, 0.29) is 29.3 Å². The maximum atomic E-state index is 12.3. The number of hydrogen-bond donors (Lipinski definition) is 2. The minimum Gasteiger partial charge on any atom is -0.507 e. The van der Waals surface area contributed by atoms with E-state index in [4.69, 9.17) is 9.47 Å². The van der Waals surface area contributed by atoms with Crippen LogP contribution < -0.4 is 9.47 Å². The van der Waals surface area contributed by atoms with Crippen LogP contribution >= 0.6 is 0 Å². The summed E-state index contributed by atoms with van der Waals surface area (Å²) in [4.78, 5) is 12.3. The van der Waals surface area contributed by atoms with Gasteiger partial charge >= 0.3 is 0 Å². The maximum Gasteiger partial charge on any atom is 0.242 e. The van der Waals surface area contributed by atoms with Gasteiger partial charge < -0.3 is 19.7 Å². The maximum absolute atomic E-state index is 12.3. The molecule has 2 aromatic carbocycles. The predicted octanol–water partition coefficient (Wildman–Crippen LogP) is 2.21. The van der Waals surface area contributed by atoms with E-state index in [0.717, 1.165) is 0 Å². The smallest absolute Gasteiger partial charge is 0.242 e. The van der Waals surface area contributed by atoms with Gasteiger partial charge in [0.15, 0.2) is 5.78 Å². The van der Waals surface area contributed by atoms with Crippen molar-refractivity contribution >= 4 is 5.78 Å². The molecular weight excluding hydrogens is 272 g/mol. The van der Waals surface area contributed by atoms with Gasteiger partial charge in [0, 0.05) is 17.7 Å². The second kappa shape index (κ2) is 4.79. The number of methoxy groups -OCH3 is 1. The van der Waals surface area contributed by atoms with E-state index < -0.39 is 5.79 Å². The Hall–Kier alpha value is -2.53. The van der Waals surface area contributed by atoms with E-state index in [9.17, 15) is 15.0 Å². The third-order valence-electron chi connectivity index (χ3n) is 3.47. The van der Waals surface area contributed by atoms with Crippen molar-refractivity contribution in [1.29, 1.82) is 0 Å². The molecule has 0 saturated heterocycles. The van der Waals surface area contributed by atoms with E-state index in [0.29, 0.717) is 11.3 Å². The Morgan fingerprint density at radius 1 is 1.24 bits per heavy atom. The molecule has 1 aliphatic rings. The largest absolute Gasteiger partial charge is 0.507 e. The van der Waals surface area contributed by atoms with Crippen LogP contribution in [0.2, 0.25) is 0 Å². The lowest BCUT2D eigenvalue weighted by Gasteiger charge is -2.33. The van der Waals surface area contributed by atoms with E-state index >= 15 is 0 Å². The van der Waals surface area contributed by atoms with Crippen molar-refractivity contribution in [2.75, 3.05) is 7.11 Å². The monoisotopic (exact) mass is 286 g/mol. The van der Waals surface area contributed by atoms with Gasteiger partial charge in [0.2, 0.25) is 5.79 Å². The summed E-state index contributed by atoms with van der Waals surface area (Å²) in [7, 11) is 1.44. The van der Waals surface area contributed by atoms with Crippen molar-refractivity contribution in [3.63, 3.8) is 0 Å². The lowest BCUT2D eigenvalue weighted by atomic mass is 9.92. The van der Waals surface area contributed by atoms with Crippen LogP contribution in [0.5, 0.6) is 17.2 Å². The molecule has 0 radical (unpaired) electrons. The van der Waals surface area contributed by atoms with Gasteiger partial charge in [-0.15, -0.1) is 0 Å². The number of carbonyl (C=O) groups excluding carboxylic acids is 1. The molecule has 5 heteroatoms. The fraction of sp³-hybridized carbons (Fsp3) is 0.188. The minimum absolute atomic E-state index is 0.0661. The summed E-state index contributed by atoms with van der Waals surface area (Å²) in [6.45, 7) is 0. The zero-order chi connectivity index (χ0) is 15.0. The Kier molecular flexibility index (Phi) is 3.07. The Morgan fingerprint density at radius 2 is 1.95 bits per heavy atom.